The van der Waals surface area contributed by atoms with Crippen LogP contribution < -0.4 is 0 Å². The molecule has 0 atom stereocenters. The molecule has 0 aliphatic carbocycles. The molecular formula is C24H23N2. The molecule has 0 spiro atoms. The van der Waals surface area contributed by atoms with E-state index in [1.54, 1.807) is 0 Å². The molecule has 26 heavy (non-hydrogen) atoms. The molecule has 2 nitrogen and oxygen atoms in total. The Labute approximate surface area is 156 Å². The molecule has 0 saturated carbocycles. The lowest BCUT2D eigenvalue weighted by Crippen LogP contribution is -1.88. The van der Waals surface area contributed by atoms with E-state index >= 15 is 0 Å². The lowest BCUT2D eigenvalue weighted by molar-refractivity contribution is 1.33. The van der Waals surface area contributed by atoms with Crippen LogP contribution in [-0.2, 0) is 0 Å². The number of nitrogens with zero attached hydrogens (tertiary/aromatic N) is 2. The van der Waals surface area contributed by atoms with Crippen LogP contribution in [0, 0.1) is 33.8 Å². The lowest BCUT2D eigenvalue weighted by atomic mass is 10.1. The summed E-state index contributed by atoms with van der Waals surface area (Å²) in [7, 11) is 0. The van der Waals surface area contributed by atoms with Crippen LogP contribution in [0.15, 0.2) is 64.6 Å². The Balaban J connectivity index is 1.85. The average molecular weight is 339 g/mol. The predicted octanol–water partition coefficient (Wildman–Crippen LogP) is 6.22. The van der Waals surface area contributed by atoms with Crippen LogP contribution in [0.3, 0.4) is 0 Å². The Kier molecular flexibility index (Phi) is 5.43. The molecule has 0 unspecified atom stereocenters. The van der Waals surface area contributed by atoms with Crippen LogP contribution in [0.4, 0.5) is 11.4 Å². The number of aliphatic imine (C=N–C) groups is 2. The van der Waals surface area contributed by atoms with Gasteiger partial charge in [0, 0.05) is 29.6 Å². The second kappa shape index (κ2) is 7.92. The second-order valence-electron chi connectivity index (χ2n) is 6.56. The van der Waals surface area contributed by atoms with Crippen molar-refractivity contribution in [3.63, 3.8) is 0 Å². The van der Waals surface area contributed by atoms with Crippen molar-refractivity contribution in [2.45, 2.75) is 27.7 Å². The van der Waals surface area contributed by atoms with E-state index in [-0.39, 0.29) is 0 Å². The molecular weight excluding hydrogens is 316 g/mol. The maximum absolute atomic E-state index is 4.66. The van der Waals surface area contributed by atoms with E-state index < -0.39 is 0 Å². The van der Waals surface area contributed by atoms with E-state index in [0.717, 1.165) is 22.5 Å². The predicted molar refractivity (Wildman–Crippen MR) is 112 cm³/mol. The third-order valence-corrected chi connectivity index (χ3v) is 4.38. The zero-order chi connectivity index (χ0) is 18.5. The van der Waals surface area contributed by atoms with Crippen LogP contribution in [0.25, 0.3) is 0 Å². The molecule has 3 aromatic carbocycles. The van der Waals surface area contributed by atoms with Gasteiger partial charge in [-0.2, -0.15) is 0 Å². The van der Waals surface area contributed by atoms with Gasteiger partial charge in [0.05, 0.1) is 11.4 Å². The highest BCUT2D eigenvalue weighted by atomic mass is 14.7. The number of hydrogen-bond acceptors (Lipinski definition) is 2. The van der Waals surface area contributed by atoms with Gasteiger partial charge in [-0.05, 0) is 49.9 Å². The fourth-order valence-corrected chi connectivity index (χ4v) is 2.94. The molecule has 0 aromatic heterocycles. The van der Waals surface area contributed by atoms with Gasteiger partial charge in [0.15, 0.2) is 0 Å². The molecule has 0 saturated heterocycles. The van der Waals surface area contributed by atoms with Crippen LogP contribution in [0.1, 0.15) is 33.4 Å². The van der Waals surface area contributed by atoms with E-state index in [9.17, 15) is 0 Å². The summed E-state index contributed by atoms with van der Waals surface area (Å²) in [5.41, 5.74) is 8.63. The topological polar surface area (TPSA) is 24.7 Å². The molecule has 129 valence electrons. The normalized spacial score (nSPS) is 11.5. The Bertz CT molecular complexity index is 864. The lowest BCUT2D eigenvalue weighted by Gasteiger charge is -2.04. The number of para-hydroxylation sites is 2. The Morgan fingerprint density at radius 1 is 0.577 bits per heavy atom. The monoisotopic (exact) mass is 339 g/mol. The maximum atomic E-state index is 4.66. The Hall–Kier alpha value is -3.00. The van der Waals surface area contributed by atoms with Gasteiger partial charge in [-0.3, -0.25) is 9.98 Å². The Morgan fingerprint density at radius 2 is 0.923 bits per heavy atom. The molecule has 0 heterocycles. The van der Waals surface area contributed by atoms with Gasteiger partial charge < -0.3 is 0 Å². The van der Waals surface area contributed by atoms with Crippen molar-refractivity contribution in [2.24, 2.45) is 9.98 Å². The SMILES string of the molecule is Cc1cccc(C)c1N=Cc1[c]c(C=Nc2c(C)cccc2C)ccc1. The maximum Gasteiger partial charge on any atom is 0.0688 e. The minimum absolute atomic E-state index is 0.943. The quantitative estimate of drug-likeness (QED) is 0.504. The first-order chi connectivity index (χ1) is 12.5. The van der Waals surface area contributed by atoms with E-state index in [0.29, 0.717) is 0 Å². The first-order valence-corrected chi connectivity index (χ1v) is 8.77. The molecule has 0 amide bonds. The number of aryl methyl sites for hydroxylation is 4. The van der Waals surface area contributed by atoms with Gasteiger partial charge >= 0.3 is 0 Å². The smallest absolute Gasteiger partial charge is 0.0688 e. The first kappa shape index (κ1) is 17.8. The van der Waals surface area contributed by atoms with Gasteiger partial charge in [0.25, 0.3) is 0 Å². The van der Waals surface area contributed by atoms with Crippen molar-refractivity contribution in [2.75, 3.05) is 0 Å². The fourth-order valence-electron chi connectivity index (χ4n) is 2.94. The average Bonchev–Trinajstić information content (AvgIpc) is 2.61. The van der Waals surface area contributed by atoms with Gasteiger partial charge in [0.2, 0.25) is 0 Å². The standard InChI is InChI=1S/C24H23N2/c1-17-8-5-9-18(2)23(17)25-15-21-12-7-13-22(14-21)16-26-24-19(3)10-6-11-20(24)4/h5-13,15-16H,1-4H3. The number of rotatable bonds is 4. The van der Waals surface area contributed by atoms with E-state index in [1.807, 2.05) is 30.6 Å². The molecule has 0 fully saturated rings. The van der Waals surface area contributed by atoms with Crippen molar-refractivity contribution in [3.8, 4) is 0 Å². The van der Waals surface area contributed by atoms with Crippen LogP contribution in [0.2, 0.25) is 0 Å². The molecule has 0 bridgehead atoms. The zero-order valence-electron chi connectivity index (χ0n) is 15.7. The van der Waals surface area contributed by atoms with Crippen LogP contribution in [0.5, 0.6) is 0 Å². The molecule has 3 aromatic rings. The molecule has 1 radical (unpaired) electrons. The van der Waals surface area contributed by atoms with Crippen molar-refractivity contribution < 1.29 is 0 Å². The summed E-state index contributed by atoms with van der Waals surface area (Å²) in [4.78, 5) is 9.32. The number of hydrogen-bond donors (Lipinski definition) is 0. The minimum Gasteiger partial charge on any atom is -0.256 e. The molecule has 2 heteroatoms. The van der Waals surface area contributed by atoms with Crippen molar-refractivity contribution >= 4 is 23.8 Å². The van der Waals surface area contributed by atoms with Crippen molar-refractivity contribution in [1.82, 2.24) is 0 Å². The van der Waals surface area contributed by atoms with Gasteiger partial charge in [0.1, 0.15) is 0 Å². The summed E-state index contributed by atoms with van der Waals surface area (Å²) in [6.07, 6.45) is 3.73. The van der Waals surface area contributed by atoms with Gasteiger partial charge in [-0.15, -0.1) is 0 Å². The van der Waals surface area contributed by atoms with Crippen LogP contribution >= 0.6 is 0 Å². The van der Waals surface area contributed by atoms with Gasteiger partial charge in [-0.25, -0.2) is 0 Å². The largest absolute Gasteiger partial charge is 0.256 e. The van der Waals surface area contributed by atoms with E-state index in [2.05, 4.69) is 80.1 Å². The summed E-state index contributed by atoms with van der Waals surface area (Å²) in [6, 6.07) is 21.8. The highest BCUT2D eigenvalue weighted by Gasteiger charge is 2.01. The summed E-state index contributed by atoms with van der Waals surface area (Å²) in [5.74, 6) is 0. The summed E-state index contributed by atoms with van der Waals surface area (Å²) < 4.78 is 0. The van der Waals surface area contributed by atoms with Gasteiger partial charge in [-0.1, -0.05) is 54.6 Å². The summed E-state index contributed by atoms with van der Waals surface area (Å²) >= 11 is 0. The van der Waals surface area contributed by atoms with E-state index in [1.165, 1.54) is 22.3 Å². The Morgan fingerprint density at radius 3 is 1.31 bits per heavy atom. The summed E-state index contributed by atoms with van der Waals surface area (Å²) in [5, 5.41) is 0. The fraction of sp³-hybridized carbons (Fsp3) is 0.167. The van der Waals surface area contributed by atoms with E-state index in [4.69, 9.17) is 0 Å². The highest BCUT2D eigenvalue weighted by molar-refractivity contribution is 5.88. The third kappa shape index (κ3) is 4.15. The number of benzene rings is 3. The highest BCUT2D eigenvalue weighted by Crippen LogP contribution is 2.24. The summed E-state index contributed by atoms with van der Waals surface area (Å²) in [6.45, 7) is 8.32. The second-order valence-corrected chi connectivity index (χ2v) is 6.56. The zero-order valence-corrected chi connectivity index (χ0v) is 15.7. The molecule has 0 N–H and O–H groups in total. The van der Waals surface area contributed by atoms with Crippen molar-refractivity contribution in [3.05, 3.63) is 94.0 Å². The molecule has 0 aliphatic rings. The molecule has 3 rings (SSSR count). The first-order valence-electron chi connectivity index (χ1n) is 8.77. The third-order valence-electron chi connectivity index (χ3n) is 4.38. The minimum atomic E-state index is 0.943. The molecule has 0 aliphatic heterocycles. The van der Waals surface area contributed by atoms with Crippen LogP contribution in [-0.4, -0.2) is 12.4 Å². The van der Waals surface area contributed by atoms with Crippen molar-refractivity contribution in [1.29, 1.82) is 0 Å².